The van der Waals surface area contributed by atoms with E-state index < -0.39 is 11.9 Å². The maximum atomic E-state index is 10.5. The maximum absolute atomic E-state index is 10.5. The van der Waals surface area contributed by atoms with E-state index in [1.54, 1.807) is 0 Å². The van der Waals surface area contributed by atoms with E-state index >= 15 is 0 Å². The second kappa shape index (κ2) is 52.1. The number of hydrogen-bond acceptors (Lipinski definition) is 6. The molecular weight excluding hydrogens is 709 g/mol. The summed E-state index contributed by atoms with van der Waals surface area (Å²) < 4.78 is 0. The Morgan fingerprint density at radius 2 is 0.455 bits per heavy atom. The third-order valence-electron chi connectivity index (χ3n) is 11.0. The van der Waals surface area contributed by atoms with Crippen LogP contribution in [0, 0.1) is 0 Å². The Labute approximate surface area is 374 Å². The van der Waals surface area contributed by atoms with Crippen LogP contribution in [0.3, 0.4) is 0 Å². The Balaban J connectivity index is -0.000000966. The van der Waals surface area contributed by atoms with Gasteiger partial charge in [0.15, 0.2) is 0 Å². The second-order valence-electron chi connectivity index (χ2n) is 16.5. The molecule has 0 saturated heterocycles. The van der Waals surface area contributed by atoms with Crippen molar-refractivity contribution in [2.24, 2.45) is 0 Å². The molecule has 0 aliphatic heterocycles. The first-order valence-electron chi connectivity index (χ1n) is 24.2. The minimum atomic E-state index is -0.905. The molecule has 0 unspecified atom stereocenters. The number of aliphatic carboxylic acids is 2. The summed E-state index contributed by atoms with van der Waals surface area (Å²) in [6.07, 6.45) is 44.6. The minimum Gasteiger partial charge on any atom is -0.550 e. The largest absolute Gasteiger partial charge is 2.00 e. The van der Waals surface area contributed by atoms with Crippen molar-refractivity contribution in [1.82, 2.24) is 9.80 Å². The van der Waals surface area contributed by atoms with Crippen LogP contribution in [0.15, 0.2) is 0 Å². The van der Waals surface area contributed by atoms with Gasteiger partial charge in [0.1, 0.15) is 0 Å². The second-order valence-corrected chi connectivity index (χ2v) is 16.5. The molecule has 0 aromatic heterocycles. The van der Waals surface area contributed by atoms with E-state index in [0.29, 0.717) is 0 Å². The van der Waals surface area contributed by atoms with Gasteiger partial charge in [0.2, 0.25) is 0 Å². The smallest absolute Gasteiger partial charge is 0.550 e. The molecule has 0 aliphatic rings. The van der Waals surface area contributed by atoms with Crippen molar-refractivity contribution in [3.8, 4) is 0 Å². The van der Waals surface area contributed by atoms with Crippen molar-refractivity contribution < 1.29 is 19.8 Å². The third kappa shape index (κ3) is 54.1. The molecule has 0 N–H and O–H groups in total. The van der Waals surface area contributed by atoms with Gasteiger partial charge >= 0.3 is 37.7 Å². The molecule has 0 bridgehead atoms. The number of unbranched alkanes of at least 4 members (excludes halogenated alkanes) is 28. The van der Waals surface area contributed by atoms with Gasteiger partial charge in [0.25, 0.3) is 0 Å². The summed E-state index contributed by atoms with van der Waals surface area (Å²) in [7, 11) is 0. The number of nitrogens with zero attached hydrogens (tertiary/aromatic N) is 2. The molecule has 324 valence electrons. The normalized spacial score (nSPS) is 11.2. The van der Waals surface area contributed by atoms with Gasteiger partial charge in [-0.05, 0) is 103 Å². The zero-order valence-corrected chi connectivity index (χ0v) is 40.1. The molecule has 0 aromatic rings. The van der Waals surface area contributed by atoms with Crippen molar-refractivity contribution in [1.29, 1.82) is 0 Å². The fourth-order valence-corrected chi connectivity index (χ4v) is 7.40. The number of rotatable bonds is 44. The molecule has 0 aromatic carbocycles. The number of carboxylic acid groups (broad SMARTS) is 2. The van der Waals surface area contributed by atoms with Crippen molar-refractivity contribution in [2.45, 2.75) is 259 Å². The van der Waals surface area contributed by atoms with Gasteiger partial charge in [-0.25, -0.2) is 0 Å². The molecule has 0 amide bonds. The molecule has 0 fully saturated rings. The fourth-order valence-electron chi connectivity index (χ4n) is 7.40. The Morgan fingerprint density at radius 1 is 0.291 bits per heavy atom. The molecule has 0 radical (unpaired) electrons. The van der Waals surface area contributed by atoms with Crippen molar-refractivity contribution >= 4 is 49.7 Å². The molecule has 0 atom stereocenters. The van der Waals surface area contributed by atoms with E-state index in [2.05, 4.69) is 37.5 Å². The topological polar surface area (TPSA) is 86.7 Å². The molecular formula is C48H96CaN2O4. The van der Waals surface area contributed by atoms with Crippen LogP contribution in [0.4, 0.5) is 0 Å². The van der Waals surface area contributed by atoms with Crippen LogP contribution in [-0.2, 0) is 9.59 Å². The first kappa shape index (κ1) is 59.4. The van der Waals surface area contributed by atoms with Crippen LogP contribution in [0.25, 0.3) is 0 Å². The van der Waals surface area contributed by atoms with Crippen molar-refractivity contribution in [3.05, 3.63) is 0 Å². The van der Waals surface area contributed by atoms with E-state index in [9.17, 15) is 19.8 Å². The molecule has 0 saturated carbocycles. The van der Waals surface area contributed by atoms with E-state index in [1.807, 2.05) is 0 Å². The van der Waals surface area contributed by atoms with Crippen LogP contribution >= 0.6 is 0 Å². The third-order valence-corrected chi connectivity index (χ3v) is 11.0. The SMILES string of the molecule is CCCCCCCCCN(CCCCCCCCC)CCCCCC(=O)[O-].CCCCCCCCCN(CCCCCCCCC)CCCCCC(=O)[O-].[Ca+2]. The van der Waals surface area contributed by atoms with Crippen LogP contribution < -0.4 is 10.2 Å². The van der Waals surface area contributed by atoms with E-state index in [1.165, 1.54) is 206 Å². The fraction of sp³-hybridized carbons (Fsp3) is 0.958. The Morgan fingerprint density at radius 3 is 0.636 bits per heavy atom. The van der Waals surface area contributed by atoms with Gasteiger partial charge in [-0.1, -0.05) is 195 Å². The molecule has 0 spiro atoms. The summed E-state index contributed by atoms with van der Waals surface area (Å²) >= 11 is 0. The summed E-state index contributed by atoms with van der Waals surface area (Å²) in [6.45, 7) is 16.3. The minimum absolute atomic E-state index is 0. The monoisotopic (exact) mass is 805 g/mol. The van der Waals surface area contributed by atoms with E-state index in [4.69, 9.17) is 0 Å². The van der Waals surface area contributed by atoms with Gasteiger partial charge < -0.3 is 29.6 Å². The summed E-state index contributed by atoms with van der Waals surface area (Å²) in [5, 5.41) is 21.0. The van der Waals surface area contributed by atoms with Crippen LogP contribution in [0.1, 0.15) is 259 Å². The maximum Gasteiger partial charge on any atom is 2.00 e. The molecule has 0 aliphatic carbocycles. The van der Waals surface area contributed by atoms with Gasteiger partial charge in [-0.2, -0.15) is 0 Å². The predicted molar refractivity (Wildman–Crippen MR) is 238 cm³/mol. The van der Waals surface area contributed by atoms with Gasteiger partial charge in [0, 0.05) is 11.9 Å². The summed E-state index contributed by atoms with van der Waals surface area (Å²) in [5.74, 6) is -1.81. The number of carbonyl (C=O) groups excluding carboxylic acids is 2. The zero-order chi connectivity index (χ0) is 40.0. The number of carboxylic acids is 2. The first-order chi connectivity index (χ1) is 26.4. The molecule has 0 heterocycles. The van der Waals surface area contributed by atoms with E-state index in [0.717, 1.165) is 51.6 Å². The number of carbonyl (C=O) groups is 2. The molecule has 7 heteroatoms. The van der Waals surface area contributed by atoms with Crippen LogP contribution in [0.2, 0.25) is 0 Å². The van der Waals surface area contributed by atoms with E-state index in [-0.39, 0.29) is 50.6 Å². The van der Waals surface area contributed by atoms with Crippen molar-refractivity contribution in [2.75, 3.05) is 39.3 Å². The Kier molecular flexibility index (Phi) is 56.3. The predicted octanol–water partition coefficient (Wildman–Crippen LogP) is 11.8. The van der Waals surface area contributed by atoms with Crippen LogP contribution in [-0.4, -0.2) is 98.7 Å². The zero-order valence-electron chi connectivity index (χ0n) is 37.9. The Bertz CT molecular complexity index is 645. The average Bonchev–Trinajstić information content (AvgIpc) is 3.15. The molecule has 55 heavy (non-hydrogen) atoms. The standard InChI is InChI=1S/2C24H49NO2.Ca/c2*1-3-5-7-9-11-13-17-21-25(23-19-15-16-20-24(26)27)22-18-14-12-10-8-6-4-2;/h2*3-23H2,1-2H3,(H,26,27);/q;;+2/p-2. The molecule has 0 rings (SSSR count). The van der Waals surface area contributed by atoms with Gasteiger partial charge in [-0.15, -0.1) is 0 Å². The average molecular weight is 805 g/mol. The van der Waals surface area contributed by atoms with Crippen LogP contribution in [0.5, 0.6) is 0 Å². The molecule has 6 nitrogen and oxygen atoms in total. The van der Waals surface area contributed by atoms with Crippen molar-refractivity contribution in [3.63, 3.8) is 0 Å². The van der Waals surface area contributed by atoms with Gasteiger partial charge in [-0.3, -0.25) is 0 Å². The quantitative estimate of drug-likeness (QED) is 0.0450. The Hall–Kier alpha value is 0.120. The summed E-state index contributed by atoms with van der Waals surface area (Å²) in [4.78, 5) is 26.3. The summed E-state index contributed by atoms with van der Waals surface area (Å²) in [6, 6.07) is 0. The number of hydrogen-bond donors (Lipinski definition) is 0. The summed E-state index contributed by atoms with van der Waals surface area (Å²) in [5.41, 5.74) is 0. The first-order valence-corrected chi connectivity index (χ1v) is 24.2. The van der Waals surface area contributed by atoms with Gasteiger partial charge in [0.05, 0.1) is 0 Å².